The first-order valence-corrected chi connectivity index (χ1v) is 12.1. The van der Waals surface area contributed by atoms with Gasteiger partial charge in [-0.3, -0.25) is 0 Å². The lowest BCUT2D eigenvalue weighted by molar-refractivity contribution is 0.154. The molecule has 0 saturated carbocycles. The maximum Gasteiger partial charge on any atom is 0.244 e. The zero-order valence-electron chi connectivity index (χ0n) is 16.6. The highest BCUT2D eigenvalue weighted by Gasteiger charge is 2.27. The molecule has 8 heteroatoms. The Kier molecular flexibility index (Phi) is 6.50. The smallest absolute Gasteiger partial charge is 0.244 e. The summed E-state index contributed by atoms with van der Waals surface area (Å²) in [4.78, 5) is 7.23. The number of aromatic nitrogens is 1. The Morgan fingerprint density at radius 2 is 1.86 bits per heavy atom. The number of rotatable bonds is 6. The summed E-state index contributed by atoms with van der Waals surface area (Å²) in [7, 11) is -3.40. The topological polar surface area (TPSA) is 74.8 Å². The molecule has 1 atom stereocenters. The SMILES string of the molecule is O=S(=O)(c1ccc(NC2CCN(CC3CCOC3)CC2)nc1)N1CCCCC1. The molecule has 1 aromatic heterocycles. The van der Waals surface area contributed by atoms with Crippen molar-refractivity contribution >= 4 is 15.8 Å². The van der Waals surface area contributed by atoms with Crippen LogP contribution in [0.15, 0.2) is 23.2 Å². The molecule has 0 amide bonds. The zero-order chi connectivity index (χ0) is 19.4. The summed E-state index contributed by atoms with van der Waals surface area (Å²) in [5.74, 6) is 1.46. The van der Waals surface area contributed by atoms with Crippen molar-refractivity contribution in [1.82, 2.24) is 14.2 Å². The van der Waals surface area contributed by atoms with E-state index in [1.807, 2.05) is 0 Å². The quantitative estimate of drug-likeness (QED) is 0.778. The number of pyridine rings is 1. The van der Waals surface area contributed by atoms with Crippen molar-refractivity contribution in [2.24, 2.45) is 5.92 Å². The molecule has 0 radical (unpaired) electrons. The van der Waals surface area contributed by atoms with Crippen LogP contribution in [0.3, 0.4) is 0 Å². The van der Waals surface area contributed by atoms with Gasteiger partial charge in [0.2, 0.25) is 10.0 Å². The van der Waals surface area contributed by atoms with Gasteiger partial charge in [-0.2, -0.15) is 4.31 Å². The van der Waals surface area contributed by atoms with Crippen LogP contribution in [0, 0.1) is 5.92 Å². The molecule has 3 saturated heterocycles. The Morgan fingerprint density at radius 3 is 2.50 bits per heavy atom. The Balaban J connectivity index is 1.28. The van der Waals surface area contributed by atoms with Gasteiger partial charge < -0.3 is 15.0 Å². The minimum absolute atomic E-state index is 0.300. The monoisotopic (exact) mass is 408 g/mol. The van der Waals surface area contributed by atoms with E-state index in [1.165, 1.54) is 12.6 Å². The van der Waals surface area contributed by atoms with Crippen molar-refractivity contribution in [3.05, 3.63) is 18.3 Å². The number of nitrogens with zero attached hydrogens (tertiary/aromatic N) is 3. The van der Waals surface area contributed by atoms with Gasteiger partial charge in [-0.15, -0.1) is 0 Å². The summed E-state index contributed by atoms with van der Waals surface area (Å²) in [5.41, 5.74) is 0. The number of likely N-dealkylation sites (tertiary alicyclic amines) is 1. The number of anilines is 1. The maximum absolute atomic E-state index is 12.7. The minimum atomic E-state index is -3.40. The molecule has 4 heterocycles. The number of hydrogen-bond donors (Lipinski definition) is 1. The molecule has 28 heavy (non-hydrogen) atoms. The highest BCUT2D eigenvalue weighted by Crippen LogP contribution is 2.22. The van der Waals surface area contributed by atoms with Gasteiger partial charge in [-0.25, -0.2) is 13.4 Å². The first-order valence-electron chi connectivity index (χ1n) is 10.6. The first kappa shape index (κ1) is 20.1. The third kappa shape index (κ3) is 4.84. The Bertz CT molecular complexity index is 720. The van der Waals surface area contributed by atoms with Gasteiger partial charge in [0, 0.05) is 51.6 Å². The average molecular weight is 409 g/mol. The van der Waals surface area contributed by atoms with Crippen molar-refractivity contribution in [3.63, 3.8) is 0 Å². The molecule has 1 N–H and O–H groups in total. The summed E-state index contributed by atoms with van der Waals surface area (Å²) >= 11 is 0. The lowest BCUT2D eigenvalue weighted by Gasteiger charge is -2.33. The number of piperidine rings is 2. The van der Waals surface area contributed by atoms with E-state index in [2.05, 4.69) is 15.2 Å². The van der Waals surface area contributed by atoms with Gasteiger partial charge in [0.15, 0.2) is 0 Å². The molecule has 1 aromatic rings. The van der Waals surface area contributed by atoms with Gasteiger partial charge >= 0.3 is 0 Å². The third-order valence-electron chi connectivity index (χ3n) is 6.17. The number of hydrogen-bond acceptors (Lipinski definition) is 6. The fourth-order valence-corrected chi connectivity index (χ4v) is 5.90. The van der Waals surface area contributed by atoms with E-state index < -0.39 is 10.0 Å². The van der Waals surface area contributed by atoms with Crippen LogP contribution in [0.1, 0.15) is 38.5 Å². The summed E-state index contributed by atoms with van der Waals surface area (Å²) in [5, 5.41) is 3.48. The van der Waals surface area contributed by atoms with Gasteiger partial charge in [0.1, 0.15) is 10.7 Å². The predicted octanol–water partition coefficient (Wildman–Crippen LogP) is 2.17. The van der Waals surface area contributed by atoms with Crippen LogP contribution >= 0.6 is 0 Å². The molecule has 156 valence electrons. The lowest BCUT2D eigenvalue weighted by atomic mass is 10.0. The van der Waals surface area contributed by atoms with Crippen molar-refractivity contribution in [2.45, 2.75) is 49.5 Å². The number of nitrogens with one attached hydrogen (secondary N) is 1. The van der Waals surface area contributed by atoms with Crippen LogP contribution in [0.4, 0.5) is 5.82 Å². The molecule has 0 aromatic carbocycles. The van der Waals surface area contributed by atoms with Crippen molar-refractivity contribution in [2.75, 3.05) is 51.3 Å². The van der Waals surface area contributed by atoms with Crippen LogP contribution in [-0.2, 0) is 14.8 Å². The molecular formula is C20H32N4O3S. The average Bonchev–Trinajstić information content (AvgIpc) is 3.24. The number of sulfonamides is 1. The lowest BCUT2D eigenvalue weighted by Crippen LogP contribution is -2.41. The van der Waals surface area contributed by atoms with Gasteiger partial charge in [-0.1, -0.05) is 6.42 Å². The van der Waals surface area contributed by atoms with E-state index in [0.717, 1.165) is 70.8 Å². The van der Waals surface area contributed by atoms with Crippen LogP contribution in [0.25, 0.3) is 0 Å². The fraction of sp³-hybridized carbons (Fsp3) is 0.750. The second-order valence-electron chi connectivity index (χ2n) is 8.29. The van der Waals surface area contributed by atoms with Gasteiger partial charge in [0.05, 0.1) is 6.61 Å². The summed E-state index contributed by atoms with van der Waals surface area (Å²) in [6, 6.07) is 3.89. The van der Waals surface area contributed by atoms with E-state index in [4.69, 9.17) is 4.74 Å². The highest BCUT2D eigenvalue weighted by molar-refractivity contribution is 7.89. The van der Waals surface area contributed by atoms with E-state index in [0.29, 0.717) is 29.9 Å². The molecule has 7 nitrogen and oxygen atoms in total. The van der Waals surface area contributed by atoms with E-state index >= 15 is 0 Å². The third-order valence-corrected chi connectivity index (χ3v) is 8.05. The van der Waals surface area contributed by atoms with Crippen LogP contribution in [0.5, 0.6) is 0 Å². The molecule has 3 aliphatic rings. The van der Waals surface area contributed by atoms with Crippen molar-refractivity contribution in [1.29, 1.82) is 0 Å². The highest BCUT2D eigenvalue weighted by atomic mass is 32.2. The van der Waals surface area contributed by atoms with Gasteiger partial charge in [-0.05, 0) is 50.2 Å². The standard InChI is InChI=1S/C20H32N4O3S/c25-28(26,24-9-2-1-3-10-24)19-4-5-20(21-14-19)22-18-6-11-23(12-7-18)15-17-8-13-27-16-17/h4-5,14,17-18H,1-3,6-13,15-16H2,(H,21,22). The first-order chi connectivity index (χ1) is 13.6. The summed E-state index contributed by atoms with van der Waals surface area (Å²) in [6.45, 7) is 6.40. The molecule has 0 spiro atoms. The predicted molar refractivity (Wildman–Crippen MR) is 109 cm³/mol. The number of ether oxygens (including phenoxy) is 1. The van der Waals surface area contributed by atoms with Crippen molar-refractivity contribution < 1.29 is 13.2 Å². The summed E-state index contributed by atoms with van der Waals surface area (Å²) < 4.78 is 32.5. The fourth-order valence-electron chi connectivity index (χ4n) is 4.43. The van der Waals surface area contributed by atoms with E-state index in [9.17, 15) is 8.42 Å². The van der Waals surface area contributed by atoms with Crippen LogP contribution < -0.4 is 5.32 Å². The Hall–Kier alpha value is -1.22. The molecule has 0 aliphatic carbocycles. The molecule has 0 bridgehead atoms. The van der Waals surface area contributed by atoms with Crippen molar-refractivity contribution in [3.8, 4) is 0 Å². The maximum atomic E-state index is 12.7. The molecular weight excluding hydrogens is 376 g/mol. The van der Waals surface area contributed by atoms with E-state index in [1.54, 1.807) is 16.4 Å². The second kappa shape index (κ2) is 9.07. The summed E-state index contributed by atoms with van der Waals surface area (Å²) in [6.07, 6.45) is 7.86. The van der Waals surface area contributed by atoms with Crippen LogP contribution in [-0.4, -0.2) is 74.6 Å². The van der Waals surface area contributed by atoms with Gasteiger partial charge in [0.25, 0.3) is 0 Å². The van der Waals surface area contributed by atoms with Crippen LogP contribution in [0.2, 0.25) is 0 Å². The Labute approximate surface area is 168 Å². The molecule has 3 aliphatic heterocycles. The Morgan fingerprint density at radius 1 is 1.07 bits per heavy atom. The second-order valence-corrected chi connectivity index (χ2v) is 10.2. The minimum Gasteiger partial charge on any atom is -0.381 e. The molecule has 3 fully saturated rings. The van der Waals surface area contributed by atoms with E-state index in [-0.39, 0.29) is 0 Å². The molecule has 4 rings (SSSR count). The molecule has 1 unspecified atom stereocenters. The zero-order valence-corrected chi connectivity index (χ0v) is 17.4. The largest absolute Gasteiger partial charge is 0.381 e. The normalized spacial score (nSPS) is 25.8.